The van der Waals surface area contributed by atoms with E-state index in [2.05, 4.69) is 37.5 Å². The highest BCUT2D eigenvalue weighted by atomic mass is 32.2. The van der Waals surface area contributed by atoms with Gasteiger partial charge in [-0.05, 0) is 37.1 Å². The smallest absolute Gasteiger partial charge is 0.257 e. The van der Waals surface area contributed by atoms with E-state index in [9.17, 15) is 4.79 Å². The molecule has 5 rings (SSSR count). The fourth-order valence-corrected chi connectivity index (χ4v) is 5.29. The second-order valence-electron chi connectivity index (χ2n) is 7.84. The Balaban J connectivity index is 1.27. The predicted molar refractivity (Wildman–Crippen MR) is 136 cm³/mol. The van der Waals surface area contributed by atoms with Crippen LogP contribution in [0.4, 0.5) is 5.13 Å². The Kier molecular flexibility index (Phi) is 6.37. The number of amides is 1. The number of carbonyl (C=O) groups is 1. The largest absolute Gasteiger partial charge is 0.298 e. The van der Waals surface area contributed by atoms with Crippen LogP contribution in [-0.4, -0.2) is 30.5 Å². The molecule has 0 saturated carbocycles. The average Bonchev–Trinajstić information content (AvgIpc) is 3.45. The number of nitrogens with zero attached hydrogens (tertiary/aromatic N) is 5. The molecule has 34 heavy (non-hydrogen) atoms. The van der Waals surface area contributed by atoms with Gasteiger partial charge in [0.25, 0.3) is 11.7 Å². The summed E-state index contributed by atoms with van der Waals surface area (Å²) in [4.78, 5) is 27.5. The number of carbonyl (C=O) groups excluding carboxylic acids is 1. The second kappa shape index (κ2) is 9.74. The summed E-state index contributed by atoms with van der Waals surface area (Å²) < 4.78 is 1.74. The van der Waals surface area contributed by atoms with Crippen LogP contribution in [0.15, 0.2) is 72.0 Å². The number of hydrogen-bond donors (Lipinski definition) is 1. The van der Waals surface area contributed by atoms with Crippen molar-refractivity contribution >= 4 is 39.9 Å². The van der Waals surface area contributed by atoms with E-state index in [1.165, 1.54) is 28.7 Å². The van der Waals surface area contributed by atoms with Gasteiger partial charge in [-0.2, -0.15) is 4.98 Å². The molecular formula is C25H22N6OS2. The van der Waals surface area contributed by atoms with Gasteiger partial charge in [-0.1, -0.05) is 60.3 Å². The lowest BCUT2D eigenvalue weighted by molar-refractivity contribution is 0.102. The normalized spacial score (nSPS) is 11.1. The van der Waals surface area contributed by atoms with Gasteiger partial charge in [0.2, 0.25) is 5.16 Å². The lowest BCUT2D eigenvalue weighted by Crippen LogP contribution is -2.13. The van der Waals surface area contributed by atoms with Gasteiger partial charge in [0.05, 0.1) is 0 Å². The highest BCUT2D eigenvalue weighted by Gasteiger charge is 2.15. The van der Waals surface area contributed by atoms with E-state index in [0.29, 0.717) is 27.4 Å². The van der Waals surface area contributed by atoms with Crippen LogP contribution in [0.1, 0.15) is 37.7 Å². The molecule has 0 spiro atoms. The first-order chi connectivity index (χ1) is 16.5. The molecular weight excluding hydrogens is 464 g/mol. The predicted octanol–water partition coefficient (Wildman–Crippen LogP) is 5.33. The lowest BCUT2D eigenvalue weighted by atomic mass is 10.1. The Hall–Kier alpha value is -3.56. The van der Waals surface area contributed by atoms with E-state index in [1.807, 2.05) is 68.6 Å². The lowest BCUT2D eigenvalue weighted by Gasteiger charge is -2.07. The van der Waals surface area contributed by atoms with Gasteiger partial charge in [-0.25, -0.2) is 14.5 Å². The Morgan fingerprint density at radius 1 is 1.06 bits per heavy atom. The Labute approximate surface area is 205 Å². The fourth-order valence-electron chi connectivity index (χ4n) is 3.63. The number of fused-ring (bicyclic) bond motifs is 1. The molecule has 0 unspecified atom stereocenters. The molecule has 0 saturated heterocycles. The summed E-state index contributed by atoms with van der Waals surface area (Å²) >= 11 is 2.97. The monoisotopic (exact) mass is 486 g/mol. The number of aryl methyl sites for hydroxylation is 2. The molecule has 170 valence electrons. The number of anilines is 1. The number of benzene rings is 2. The third kappa shape index (κ3) is 5.00. The Bertz CT molecular complexity index is 1460. The molecule has 0 aliphatic carbocycles. The van der Waals surface area contributed by atoms with Crippen LogP contribution in [-0.2, 0) is 12.2 Å². The van der Waals surface area contributed by atoms with E-state index in [0.717, 1.165) is 28.2 Å². The van der Waals surface area contributed by atoms with Gasteiger partial charge in [-0.3, -0.25) is 10.1 Å². The van der Waals surface area contributed by atoms with Crippen LogP contribution >= 0.6 is 23.1 Å². The molecule has 0 bridgehead atoms. The average molecular weight is 487 g/mol. The molecule has 0 aliphatic heterocycles. The van der Waals surface area contributed by atoms with Crippen molar-refractivity contribution < 1.29 is 4.79 Å². The Morgan fingerprint density at radius 2 is 1.85 bits per heavy atom. The summed E-state index contributed by atoms with van der Waals surface area (Å²) in [5, 5.41) is 8.72. The molecule has 0 atom stereocenters. The molecule has 0 fully saturated rings. The number of thioether (sulfide) groups is 1. The van der Waals surface area contributed by atoms with Crippen molar-refractivity contribution in [2.45, 2.75) is 31.2 Å². The first kappa shape index (κ1) is 22.2. The molecule has 1 N–H and O–H groups in total. The van der Waals surface area contributed by atoms with Crippen molar-refractivity contribution in [1.82, 2.24) is 24.6 Å². The number of aromatic nitrogens is 5. The number of thiazole rings is 1. The van der Waals surface area contributed by atoms with Crippen molar-refractivity contribution in [2.75, 3.05) is 5.32 Å². The summed E-state index contributed by atoms with van der Waals surface area (Å²) in [5.41, 5.74) is 4.63. The van der Waals surface area contributed by atoms with Gasteiger partial charge in [0, 0.05) is 40.2 Å². The van der Waals surface area contributed by atoms with E-state index < -0.39 is 0 Å². The van der Waals surface area contributed by atoms with Gasteiger partial charge in [0.15, 0.2) is 5.13 Å². The van der Waals surface area contributed by atoms with Crippen molar-refractivity contribution in [3.63, 3.8) is 0 Å². The topological polar surface area (TPSA) is 85.1 Å². The maximum atomic E-state index is 13.0. The van der Waals surface area contributed by atoms with Crippen LogP contribution in [0, 0.1) is 13.8 Å². The maximum absolute atomic E-state index is 13.0. The Morgan fingerprint density at radius 3 is 2.71 bits per heavy atom. The zero-order valence-corrected chi connectivity index (χ0v) is 20.4. The standard InChI is InChI=1S/C25H22N6OS2/c1-16-12-17(2)31-23(27-16)29-25(30-31)33-15-19-10-6-7-11-21(19)22(32)28-24-26-14-20(34-24)13-18-8-4-3-5-9-18/h3-12,14H,13,15H2,1-2H3,(H,26,28,32). The quantitative estimate of drug-likeness (QED) is 0.313. The summed E-state index contributed by atoms with van der Waals surface area (Å²) in [5.74, 6) is 0.976. The first-order valence-electron chi connectivity index (χ1n) is 10.8. The van der Waals surface area contributed by atoms with Crippen molar-refractivity contribution in [2.24, 2.45) is 0 Å². The second-order valence-corrected chi connectivity index (χ2v) is 9.90. The molecule has 3 heterocycles. The molecule has 0 aliphatic rings. The summed E-state index contributed by atoms with van der Waals surface area (Å²) in [6.45, 7) is 3.92. The molecule has 2 aromatic carbocycles. The highest BCUT2D eigenvalue weighted by Crippen LogP contribution is 2.25. The minimum atomic E-state index is -0.173. The van der Waals surface area contributed by atoms with Crippen LogP contribution in [0.3, 0.4) is 0 Å². The van der Waals surface area contributed by atoms with Gasteiger partial charge < -0.3 is 0 Å². The maximum Gasteiger partial charge on any atom is 0.257 e. The highest BCUT2D eigenvalue weighted by molar-refractivity contribution is 7.98. The zero-order valence-electron chi connectivity index (χ0n) is 18.7. The molecule has 5 aromatic rings. The SMILES string of the molecule is Cc1cc(C)n2nc(SCc3ccccc3C(=O)Nc3ncc(Cc4ccccc4)s3)nc2n1. The molecule has 3 aromatic heterocycles. The fraction of sp³-hybridized carbons (Fsp3) is 0.160. The number of hydrogen-bond acceptors (Lipinski definition) is 7. The minimum absolute atomic E-state index is 0.173. The van der Waals surface area contributed by atoms with Gasteiger partial charge in [0.1, 0.15) is 0 Å². The summed E-state index contributed by atoms with van der Waals surface area (Å²) in [7, 11) is 0. The third-order valence-corrected chi connectivity index (χ3v) is 7.01. The van der Waals surface area contributed by atoms with Crippen molar-refractivity contribution in [1.29, 1.82) is 0 Å². The number of rotatable bonds is 7. The van der Waals surface area contributed by atoms with Gasteiger partial charge >= 0.3 is 0 Å². The zero-order chi connectivity index (χ0) is 23.5. The molecule has 1 amide bonds. The van der Waals surface area contributed by atoms with E-state index >= 15 is 0 Å². The van der Waals surface area contributed by atoms with Crippen LogP contribution in [0.5, 0.6) is 0 Å². The summed E-state index contributed by atoms with van der Waals surface area (Å²) in [6.07, 6.45) is 2.61. The third-order valence-electron chi connectivity index (χ3n) is 5.21. The van der Waals surface area contributed by atoms with Crippen molar-refractivity contribution in [3.05, 3.63) is 99.8 Å². The van der Waals surface area contributed by atoms with Crippen LogP contribution in [0.2, 0.25) is 0 Å². The van der Waals surface area contributed by atoms with E-state index in [1.54, 1.807) is 4.52 Å². The first-order valence-corrected chi connectivity index (χ1v) is 12.6. The molecule has 7 nitrogen and oxygen atoms in total. The van der Waals surface area contributed by atoms with Gasteiger partial charge in [-0.15, -0.1) is 16.4 Å². The molecule has 9 heteroatoms. The van der Waals surface area contributed by atoms with E-state index in [4.69, 9.17) is 0 Å². The summed E-state index contributed by atoms with van der Waals surface area (Å²) in [6, 6.07) is 19.8. The van der Waals surface area contributed by atoms with Crippen LogP contribution < -0.4 is 5.32 Å². The minimum Gasteiger partial charge on any atom is -0.298 e. The van der Waals surface area contributed by atoms with E-state index in [-0.39, 0.29) is 5.91 Å². The van der Waals surface area contributed by atoms with Crippen LogP contribution in [0.25, 0.3) is 5.78 Å². The number of nitrogens with one attached hydrogen (secondary N) is 1. The molecule has 0 radical (unpaired) electrons. The van der Waals surface area contributed by atoms with Crippen molar-refractivity contribution in [3.8, 4) is 0 Å².